The summed E-state index contributed by atoms with van der Waals surface area (Å²) in [6.07, 6.45) is -0.961. The van der Waals surface area contributed by atoms with Crippen molar-refractivity contribution in [1.82, 2.24) is 4.90 Å². The van der Waals surface area contributed by atoms with E-state index in [9.17, 15) is 43.8 Å². The van der Waals surface area contributed by atoms with Gasteiger partial charge in [0.15, 0.2) is 34.7 Å². The quantitative estimate of drug-likeness (QED) is 0.196. The fourth-order valence-corrected chi connectivity index (χ4v) is 6.88. The summed E-state index contributed by atoms with van der Waals surface area (Å²) < 4.78 is 10.9. The van der Waals surface area contributed by atoms with Crippen LogP contribution >= 0.6 is 0 Å². The van der Waals surface area contributed by atoms with Crippen LogP contribution in [0.4, 0.5) is 0 Å². The SMILES string of the molecule is CCCCOC(=O)CCC(=O)OC1C2C(C(=O)c3c(O)cccc3C2C)C(=O)C2(O)C(=O)C(C(N)=O)C(=O)C(N(C)C)C12. The van der Waals surface area contributed by atoms with Gasteiger partial charge in [-0.15, -0.1) is 0 Å². The van der Waals surface area contributed by atoms with Crippen LogP contribution in [-0.2, 0) is 38.2 Å². The Bertz CT molecular complexity index is 1390. The van der Waals surface area contributed by atoms with Crippen LogP contribution in [0.1, 0.15) is 61.4 Å². The molecule has 0 aliphatic heterocycles. The minimum atomic E-state index is -3.12. The summed E-state index contributed by atoms with van der Waals surface area (Å²) in [4.78, 5) is 94.2. The summed E-state index contributed by atoms with van der Waals surface area (Å²) >= 11 is 0. The first-order valence-corrected chi connectivity index (χ1v) is 14.2. The highest BCUT2D eigenvalue weighted by atomic mass is 16.5. The standard InChI is InChI=1S/C30H36N2O11/c1-5-6-12-42-16(34)10-11-17(35)43-26-18-13(2)14-8-7-9-15(33)19(14)24(36)20(18)27(38)30(41)22(26)23(32(3)4)25(37)21(28(30)39)29(31)40/h7-9,13,18,20-23,26,33,41H,5-6,10-12H2,1-4H3,(H2,31,40). The second kappa shape index (κ2) is 12.0. The molecule has 0 aromatic heterocycles. The lowest BCUT2D eigenvalue weighted by molar-refractivity contribution is -0.205. The van der Waals surface area contributed by atoms with Crippen LogP contribution in [0.3, 0.4) is 0 Å². The Kier molecular flexibility index (Phi) is 8.89. The third-order valence-corrected chi connectivity index (χ3v) is 8.89. The van der Waals surface area contributed by atoms with Gasteiger partial charge in [0, 0.05) is 5.92 Å². The first kappa shape index (κ1) is 32.0. The van der Waals surface area contributed by atoms with Crippen LogP contribution < -0.4 is 5.73 Å². The molecule has 13 heteroatoms. The number of rotatable bonds is 9. The van der Waals surface area contributed by atoms with Gasteiger partial charge in [0.25, 0.3) is 0 Å². The van der Waals surface area contributed by atoms with Gasteiger partial charge in [-0.25, -0.2) is 0 Å². The molecule has 1 aromatic carbocycles. The Morgan fingerprint density at radius 3 is 2.30 bits per heavy atom. The molecule has 2 fully saturated rings. The number of nitrogens with zero attached hydrogens (tertiary/aromatic N) is 1. The van der Waals surface area contributed by atoms with E-state index in [1.54, 1.807) is 13.0 Å². The van der Waals surface area contributed by atoms with E-state index in [1.807, 2.05) is 6.92 Å². The molecule has 3 aliphatic carbocycles. The first-order valence-electron chi connectivity index (χ1n) is 14.2. The molecule has 1 aromatic rings. The molecular formula is C30H36N2O11. The van der Waals surface area contributed by atoms with Crippen molar-refractivity contribution in [2.45, 2.75) is 63.2 Å². The monoisotopic (exact) mass is 600 g/mol. The van der Waals surface area contributed by atoms with E-state index in [0.29, 0.717) is 12.0 Å². The zero-order valence-corrected chi connectivity index (χ0v) is 24.4. The molecule has 0 heterocycles. The zero-order valence-electron chi connectivity index (χ0n) is 24.4. The summed E-state index contributed by atoms with van der Waals surface area (Å²) in [5.74, 6) is -15.7. The Balaban J connectivity index is 1.84. The number of phenolic OH excluding ortho intramolecular Hbond substituents is 1. The van der Waals surface area contributed by atoms with E-state index < -0.39 is 100 Å². The lowest BCUT2D eigenvalue weighted by Crippen LogP contribution is -2.78. The number of amides is 1. The molecule has 0 spiro atoms. The summed E-state index contributed by atoms with van der Waals surface area (Å²) in [6.45, 7) is 3.73. The second-order valence-corrected chi connectivity index (χ2v) is 11.6. The number of unbranched alkanes of at least 4 members (excludes halogenated alkanes) is 1. The highest BCUT2D eigenvalue weighted by Gasteiger charge is 2.74. The second-order valence-electron chi connectivity index (χ2n) is 11.6. The number of esters is 2. The number of benzene rings is 1. The molecule has 2 saturated carbocycles. The molecule has 4 N–H and O–H groups in total. The van der Waals surface area contributed by atoms with Crippen LogP contribution in [0.2, 0.25) is 0 Å². The minimum absolute atomic E-state index is 0.176. The fraction of sp³-hybridized carbons (Fsp3) is 0.567. The number of carbonyl (C=O) groups excluding carboxylic acids is 7. The van der Waals surface area contributed by atoms with Crippen LogP contribution in [0, 0.1) is 23.7 Å². The molecule has 1 amide bonds. The van der Waals surface area contributed by atoms with Crippen LogP contribution in [0.15, 0.2) is 18.2 Å². The van der Waals surface area contributed by atoms with Crippen molar-refractivity contribution >= 4 is 41.0 Å². The third-order valence-electron chi connectivity index (χ3n) is 8.89. The maximum Gasteiger partial charge on any atom is 0.306 e. The Labute approximate surface area is 247 Å². The lowest BCUT2D eigenvalue weighted by Gasteiger charge is -2.56. The van der Waals surface area contributed by atoms with Gasteiger partial charge in [-0.3, -0.25) is 38.5 Å². The topological polar surface area (TPSA) is 208 Å². The molecule has 13 nitrogen and oxygen atoms in total. The molecule has 8 unspecified atom stereocenters. The minimum Gasteiger partial charge on any atom is -0.507 e. The first-order chi connectivity index (χ1) is 20.2. The van der Waals surface area contributed by atoms with Crippen LogP contribution in [0.5, 0.6) is 5.75 Å². The van der Waals surface area contributed by atoms with Crippen molar-refractivity contribution in [3.05, 3.63) is 29.3 Å². The third kappa shape index (κ3) is 5.14. The number of hydrogen-bond acceptors (Lipinski definition) is 12. The van der Waals surface area contributed by atoms with E-state index in [4.69, 9.17) is 15.2 Å². The van der Waals surface area contributed by atoms with Crippen LogP contribution in [-0.4, -0.2) is 94.5 Å². The molecule has 4 rings (SSSR count). The van der Waals surface area contributed by atoms with Gasteiger partial charge in [0.05, 0.1) is 42.9 Å². The maximum atomic E-state index is 14.2. The van der Waals surface area contributed by atoms with Crippen molar-refractivity contribution in [1.29, 1.82) is 0 Å². The molecule has 43 heavy (non-hydrogen) atoms. The number of aliphatic hydroxyl groups is 1. The van der Waals surface area contributed by atoms with E-state index in [2.05, 4.69) is 0 Å². The van der Waals surface area contributed by atoms with Gasteiger partial charge in [0.2, 0.25) is 5.91 Å². The van der Waals surface area contributed by atoms with Crippen molar-refractivity contribution in [2.75, 3.05) is 20.7 Å². The Hall–Kier alpha value is -3.97. The number of aromatic hydroxyl groups is 1. The number of fused-ring (bicyclic) bond motifs is 3. The zero-order chi connectivity index (χ0) is 32.0. The average molecular weight is 601 g/mol. The number of hydrogen-bond donors (Lipinski definition) is 3. The number of ether oxygens (including phenoxy) is 2. The molecule has 3 aliphatic rings. The molecule has 232 valence electrons. The van der Waals surface area contributed by atoms with Gasteiger partial charge in [0.1, 0.15) is 11.9 Å². The van der Waals surface area contributed by atoms with E-state index in [-0.39, 0.29) is 18.6 Å². The van der Waals surface area contributed by atoms with E-state index in [1.165, 1.54) is 31.1 Å². The van der Waals surface area contributed by atoms with Gasteiger partial charge in [-0.2, -0.15) is 0 Å². The van der Waals surface area contributed by atoms with Gasteiger partial charge in [-0.1, -0.05) is 32.4 Å². The average Bonchev–Trinajstić information content (AvgIpc) is 2.93. The van der Waals surface area contributed by atoms with Gasteiger partial charge in [-0.05, 0) is 38.1 Å². The lowest BCUT2D eigenvalue weighted by atomic mass is 9.49. The van der Waals surface area contributed by atoms with Crippen LogP contribution in [0.25, 0.3) is 0 Å². The number of ketones is 4. The summed E-state index contributed by atoms with van der Waals surface area (Å²) in [6, 6.07) is 2.81. The fourth-order valence-electron chi connectivity index (χ4n) is 6.88. The van der Waals surface area contributed by atoms with E-state index >= 15 is 0 Å². The Morgan fingerprint density at radius 1 is 1.05 bits per heavy atom. The highest BCUT2D eigenvalue weighted by molar-refractivity contribution is 6.32. The van der Waals surface area contributed by atoms with E-state index in [0.717, 1.165) is 6.42 Å². The number of Topliss-reactive ketones (excluding diaryl/α,β-unsaturated/α-hetero) is 4. The molecular weight excluding hydrogens is 564 g/mol. The highest BCUT2D eigenvalue weighted by Crippen LogP contribution is 2.55. The van der Waals surface area contributed by atoms with Gasteiger partial charge >= 0.3 is 11.9 Å². The summed E-state index contributed by atoms with van der Waals surface area (Å²) in [5.41, 5.74) is 2.42. The Morgan fingerprint density at radius 2 is 1.70 bits per heavy atom. The summed E-state index contributed by atoms with van der Waals surface area (Å²) in [5, 5.41) is 22.5. The molecule has 8 atom stereocenters. The predicted octanol–water partition coefficient (Wildman–Crippen LogP) is 0.0732. The number of carbonyl (C=O) groups is 7. The number of primary amides is 1. The van der Waals surface area contributed by atoms with Crippen molar-refractivity contribution in [3.63, 3.8) is 0 Å². The van der Waals surface area contributed by atoms with Gasteiger partial charge < -0.3 is 25.4 Å². The number of nitrogens with two attached hydrogens (primary N) is 1. The molecule has 0 radical (unpaired) electrons. The van der Waals surface area contributed by atoms with Crippen molar-refractivity contribution in [2.24, 2.45) is 29.4 Å². The number of phenols is 1. The molecule has 0 saturated heterocycles. The smallest absolute Gasteiger partial charge is 0.306 e. The largest absolute Gasteiger partial charge is 0.507 e. The van der Waals surface area contributed by atoms with Crippen molar-refractivity contribution in [3.8, 4) is 5.75 Å². The maximum absolute atomic E-state index is 14.2. The molecule has 0 bridgehead atoms. The normalized spacial score (nSPS) is 31.6. The number of likely N-dealkylation sites (N-methyl/N-ethyl adjacent to an activating group) is 1. The summed E-state index contributed by atoms with van der Waals surface area (Å²) in [7, 11) is 2.84. The predicted molar refractivity (Wildman–Crippen MR) is 146 cm³/mol. The van der Waals surface area contributed by atoms with Crippen molar-refractivity contribution < 1.29 is 53.2 Å².